The minimum Gasteiger partial charge on any atom is -0.327 e. The highest BCUT2D eigenvalue weighted by atomic mass is 19.4. The molecule has 1 heterocycles. The van der Waals surface area contributed by atoms with E-state index in [2.05, 4.69) is 4.98 Å². The van der Waals surface area contributed by atoms with Crippen LogP contribution in [0, 0.1) is 22.7 Å². The molecule has 0 fully saturated rings. The van der Waals surface area contributed by atoms with E-state index in [-0.39, 0.29) is 0 Å². The highest BCUT2D eigenvalue weighted by molar-refractivity contribution is 5.37. The van der Waals surface area contributed by atoms with Crippen LogP contribution in [0.4, 0.5) is 30.7 Å². The summed E-state index contributed by atoms with van der Waals surface area (Å²) >= 11 is 0. The van der Waals surface area contributed by atoms with Crippen molar-refractivity contribution in [3.8, 4) is 12.1 Å². The Bertz CT molecular complexity index is 540. The van der Waals surface area contributed by atoms with Gasteiger partial charge in [-0.1, -0.05) is 0 Å². The van der Waals surface area contributed by atoms with Gasteiger partial charge in [-0.2, -0.15) is 41.3 Å². The summed E-state index contributed by atoms with van der Waals surface area (Å²) in [5.41, 5.74) is -1.94. The van der Waals surface area contributed by atoms with E-state index < -0.39 is 35.2 Å². The third-order valence-corrected chi connectivity index (χ3v) is 1.97. The highest BCUT2D eigenvalue weighted by Gasteiger charge is 2.75. The molecule has 0 saturated carbocycles. The number of alkyl halides is 7. The van der Waals surface area contributed by atoms with Gasteiger partial charge in [0.05, 0.1) is 0 Å². The molecule has 0 aliphatic heterocycles. The first kappa shape index (κ1) is 14.8. The summed E-state index contributed by atoms with van der Waals surface area (Å²) in [6.07, 6.45) is -6.52. The molecular formula is C8HF7N4. The van der Waals surface area contributed by atoms with Crippen molar-refractivity contribution in [2.45, 2.75) is 18.0 Å². The number of hydrogen-bond acceptors (Lipinski definition) is 3. The van der Waals surface area contributed by atoms with Crippen molar-refractivity contribution in [1.82, 2.24) is 9.97 Å². The number of aromatic nitrogens is 2. The van der Waals surface area contributed by atoms with Crippen LogP contribution in [0.25, 0.3) is 0 Å². The monoisotopic (exact) mass is 286 g/mol. The van der Waals surface area contributed by atoms with Crippen LogP contribution < -0.4 is 0 Å². The van der Waals surface area contributed by atoms with Crippen molar-refractivity contribution in [2.75, 3.05) is 0 Å². The fourth-order valence-electron chi connectivity index (χ4n) is 1.01. The van der Waals surface area contributed by atoms with Gasteiger partial charge in [0.2, 0.25) is 0 Å². The van der Waals surface area contributed by atoms with Gasteiger partial charge >= 0.3 is 18.0 Å². The van der Waals surface area contributed by atoms with Crippen LogP contribution in [-0.4, -0.2) is 22.1 Å². The summed E-state index contributed by atoms with van der Waals surface area (Å²) in [5.74, 6) is -14.3. The van der Waals surface area contributed by atoms with Crippen LogP contribution in [0.3, 0.4) is 0 Å². The number of hydrogen-bond donors (Lipinski definition) is 1. The van der Waals surface area contributed by atoms with Crippen molar-refractivity contribution in [3.05, 3.63) is 17.2 Å². The number of nitrogens with one attached hydrogen (secondary N) is 1. The molecule has 0 unspecified atom stereocenters. The maximum Gasteiger partial charge on any atom is 0.460 e. The van der Waals surface area contributed by atoms with Gasteiger partial charge in [0.25, 0.3) is 0 Å². The van der Waals surface area contributed by atoms with Gasteiger partial charge in [-0.3, -0.25) is 0 Å². The number of H-pyrrole nitrogens is 1. The zero-order valence-corrected chi connectivity index (χ0v) is 8.49. The first-order valence-electron chi connectivity index (χ1n) is 4.22. The molecule has 1 aromatic rings. The topological polar surface area (TPSA) is 76.3 Å². The van der Waals surface area contributed by atoms with Crippen LogP contribution >= 0.6 is 0 Å². The Morgan fingerprint density at radius 1 is 0.947 bits per heavy atom. The number of nitrogens with zero attached hydrogens (tertiary/aromatic N) is 3. The van der Waals surface area contributed by atoms with E-state index in [9.17, 15) is 30.7 Å². The first-order chi connectivity index (χ1) is 8.49. The average molecular weight is 286 g/mol. The van der Waals surface area contributed by atoms with Gasteiger partial charge in [-0.15, -0.1) is 0 Å². The van der Waals surface area contributed by atoms with Crippen molar-refractivity contribution in [2.24, 2.45) is 0 Å². The van der Waals surface area contributed by atoms with E-state index in [1.54, 1.807) is 0 Å². The summed E-state index contributed by atoms with van der Waals surface area (Å²) in [4.78, 5) is 3.86. The molecule has 0 amide bonds. The van der Waals surface area contributed by atoms with Crippen LogP contribution in [0.1, 0.15) is 17.2 Å². The summed E-state index contributed by atoms with van der Waals surface area (Å²) in [6.45, 7) is 0. The van der Waals surface area contributed by atoms with Gasteiger partial charge in [0.15, 0.2) is 17.2 Å². The number of nitriles is 2. The lowest BCUT2D eigenvalue weighted by Gasteiger charge is -2.26. The Kier molecular flexibility index (Phi) is 3.20. The van der Waals surface area contributed by atoms with Crippen LogP contribution in [-0.2, 0) is 5.92 Å². The van der Waals surface area contributed by atoms with Gasteiger partial charge in [-0.25, -0.2) is 4.98 Å². The predicted molar refractivity (Wildman–Crippen MR) is 42.9 cm³/mol. The van der Waals surface area contributed by atoms with Crippen LogP contribution in [0.2, 0.25) is 0 Å². The van der Waals surface area contributed by atoms with E-state index in [1.807, 2.05) is 0 Å². The molecule has 11 heteroatoms. The molecule has 0 aliphatic carbocycles. The molecule has 0 aliphatic rings. The molecule has 0 saturated heterocycles. The predicted octanol–water partition coefficient (Wildman–Crippen LogP) is 2.44. The zero-order valence-electron chi connectivity index (χ0n) is 8.49. The molecule has 4 nitrogen and oxygen atoms in total. The van der Waals surface area contributed by atoms with Crippen molar-refractivity contribution < 1.29 is 30.7 Å². The Morgan fingerprint density at radius 2 is 1.47 bits per heavy atom. The summed E-state index contributed by atoms with van der Waals surface area (Å²) in [7, 11) is 0. The van der Waals surface area contributed by atoms with Crippen LogP contribution in [0.5, 0.6) is 0 Å². The fraction of sp³-hybridized carbons (Fsp3) is 0.375. The highest BCUT2D eigenvalue weighted by Crippen LogP contribution is 2.50. The molecule has 102 valence electrons. The van der Waals surface area contributed by atoms with Gasteiger partial charge in [0, 0.05) is 0 Å². The lowest BCUT2D eigenvalue weighted by atomic mass is 10.1. The van der Waals surface area contributed by atoms with Gasteiger partial charge < -0.3 is 4.98 Å². The maximum absolute atomic E-state index is 13.1. The van der Waals surface area contributed by atoms with Gasteiger partial charge in [0.1, 0.15) is 12.1 Å². The summed E-state index contributed by atoms with van der Waals surface area (Å²) in [5, 5.41) is 16.7. The average Bonchev–Trinajstić information content (AvgIpc) is 2.70. The third-order valence-electron chi connectivity index (χ3n) is 1.97. The Morgan fingerprint density at radius 3 is 1.79 bits per heavy atom. The van der Waals surface area contributed by atoms with Crippen molar-refractivity contribution >= 4 is 0 Å². The first-order valence-corrected chi connectivity index (χ1v) is 4.22. The molecule has 1 rings (SSSR count). The second-order valence-electron chi connectivity index (χ2n) is 3.18. The normalized spacial score (nSPS) is 12.9. The van der Waals surface area contributed by atoms with E-state index in [0.717, 1.165) is 12.1 Å². The largest absolute Gasteiger partial charge is 0.460 e. The van der Waals surface area contributed by atoms with E-state index in [1.165, 1.54) is 4.98 Å². The molecule has 1 N–H and O–H groups in total. The fourth-order valence-corrected chi connectivity index (χ4v) is 1.01. The lowest BCUT2D eigenvalue weighted by Crippen LogP contribution is -2.50. The van der Waals surface area contributed by atoms with Crippen molar-refractivity contribution in [3.63, 3.8) is 0 Å². The Labute approximate surface area is 99.6 Å². The molecule has 0 bridgehead atoms. The quantitative estimate of drug-likeness (QED) is 0.848. The number of rotatable bonds is 2. The van der Waals surface area contributed by atoms with E-state index in [4.69, 9.17) is 10.5 Å². The number of aromatic amines is 1. The lowest BCUT2D eigenvalue weighted by molar-refractivity contribution is -0.361. The molecule has 0 atom stereocenters. The molecule has 19 heavy (non-hydrogen) atoms. The SMILES string of the molecule is N#Cc1nc(C(F)(F)C(F)(F)C(F)(F)F)[nH]c1C#N. The summed E-state index contributed by atoms with van der Waals surface area (Å²) in [6, 6.07) is 2.23. The maximum atomic E-state index is 13.1. The molecular weight excluding hydrogens is 285 g/mol. The number of halogens is 7. The number of imidazole rings is 1. The molecule has 1 aromatic heterocycles. The van der Waals surface area contributed by atoms with Crippen molar-refractivity contribution in [1.29, 1.82) is 10.5 Å². The minimum atomic E-state index is -6.52. The van der Waals surface area contributed by atoms with E-state index in [0.29, 0.717) is 0 Å². The van der Waals surface area contributed by atoms with E-state index >= 15 is 0 Å². The minimum absolute atomic E-state index is 0.935. The second-order valence-corrected chi connectivity index (χ2v) is 3.18. The summed E-state index contributed by atoms with van der Waals surface area (Å²) < 4.78 is 87.2. The standard InChI is InChI=1S/C8HF7N4/c9-6(10,7(11,12)8(13,14)15)5-18-3(1-16)4(2-17)19-5/h(H,18,19). The third kappa shape index (κ3) is 2.07. The Hall–Kier alpha value is -2.30. The van der Waals surface area contributed by atoms with Crippen LogP contribution in [0.15, 0.2) is 0 Å². The van der Waals surface area contributed by atoms with Gasteiger partial charge in [-0.05, 0) is 0 Å². The molecule has 0 spiro atoms. The molecule has 0 aromatic carbocycles. The Balaban J connectivity index is 3.41. The molecule has 0 radical (unpaired) electrons. The second kappa shape index (κ2) is 4.12. The zero-order chi connectivity index (χ0) is 15.1. The smallest absolute Gasteiger partial charge is 0.327 e.